The maximum absolute atomic E-state index is 11.8. The summed E-state index contributed by atoms with van der Waals surface area (Å²) in [5, 5.41) is 3.28. The molecule has 0 radical (unpaired) electrons. The molecule has 1 aromatic carbocycles. The average Bonchev–Trinajstić information content (AvgIpc) is 2.78. The largest absolute Gasteiger partial charge is 0.378 e. The van der Waals surface area contributed by atoms with Gasteiger partial charge in [0.2, 0.25) is 0 Å². The molecule has 3 nitrogen and oxygen atoms in total. The summed E-state index contributed by atoms with van der Waals surface area (Å²) in [6.45, 7) is 3.60. The van der Waals surface area contributed by atoms with Crippen LogP contribution >= 0.6 is 34.5 Å². The van der Waals surface area contributed by atoms with Crippen molar-refractivity contribution in [2.24, 2.45) is 0 Å². The van der Waals surface area contributed by atoms with E-state index in [1.807, 2.05) is 13.0 Å². The van der Waals surface area contributed by atoms with E-state index in [0.29, 0.717) is 13.6 Å². The van der Waals surface area contributed by atoms with Crippen LogP contribution in [-0.4, -0.2) is 14.2 Å². The van der Waals surface area contributed by atoms with Crippen LogP contribution in [-0.2, 0) is 9.84 Å². The highest BCUT2D eigenvalue weighted by atomic mass is 35.5. The number of thiophene rings is 1. The summed E-state index contributed by atoms with van der Waals surface area (Å²) >= 11 is 13.4. The van der Waals surface area contributed by atoms with Crippen LogP contribution in [0.1, 0.15) is 25.5 Å². The minimum absolute atomic E-state index is 0.0186. The van der Waals surface area contributed by atoms with E-state index in [1.165, 1.54) is 11.3 Å². The van der Waals surface area contributed by atoms with E-state index < -0.39 is 9.84 Å². The van der Waals surface area contributed by atoms with Crippen LogP contribution in [0, 0.1) is 0 Å². The topological polar surface area (TPSA) is 46.2 Å². The maximum atomic E-state index is 11.8. The highest BCUT2D eigenvalue weighted by Crippen LogP contribution is 2.36. The zero-order valence-electron chi connectivity index (χ0n) is 11.6. The van der Waals surface area contributed by atoms with Crippen LogP contribution < -0.4 is 5.32 Å². The fraction of sp³-hybridized carbons (Fsp3) is 0.286. The number of sulfone groups is 1. The number of anilines is 1. The Hall–Kier alpha value is -0.750. The molecule has 0 aliphatic carbocycles. The third-order valence-corrected chi connectivity index (χ3v) is 6.39. The SMILES string of the molecule is CCS(=O)(=O)c1ccc(NC(C)c2cc(Cl)sc2Cl)cc1. The molecule has 1 aromatic heterocycles. The third kappa shape index (κ3) is 3.92. The molecule has 0 aliphatic heterocycles. The molecule has 114 valence electrons. The summed E-state index contributed by atoms with van der Waals surface area (Å²) in [5.41, 5.74) is 1.76. The Bertz CT molecular complexity index is 724. The van der Waals surface area contributed by atoms with Crippen LogP contribution in [0.25, 0.3) is 0 Å². The summed E-state index contributed by atoms with van der Waals surface area (Å²) in [6.07, 6.45) is 0. The van der Waals surface area contributed by atoms with E-state index >= 15 is 0 Å². The normalized spacial score (nSPS) is 13.1. The molecule has 2 aromatic rings. The van der Waals surface area contributed by atoms with Crippen LogP contribution in [0.3, 0.4) is 0 Å². The maximum Gasteiger partial charge on any atom is 0.178 e. The molecule has 0 saturated heterocycles. The molecule has 2 rings (SSSR count). The first-order chi connectivity index (χ1) is 9.83. The van der Waals surface area contributed by atoms with Crippen molar-refractivity contribution in [3.05, 3.63) is 44.6 Å². The molecule has 0 saturated carbocycles. The molecule has 0 bridgehead atoms. The van der Waals surface area contributed by atoms with Gasteiger partial charge in [0.05, 0.1) is 25.4 Å². The van der Waals surface area contributed by atoms with Crippen molar-refractivity contribution in [2.45, 2.75) is 24.8 Å². The summed E-state index contributed by atoms with van der Waals surface area (Å²) in [7, 11) is -3.16. The van der Waals surface area contributed by atoms with Gasteiger partial charge >= 0.3 is 0 Å². The fourth-order valence-electron chi connectivity index (χ4n) is 1.90. The predicted octanol–water partition coefficient (Wildman–Crippen LogP) is 5.02. The Morgan fingerprint density at radius 2 is 1.86 bits per heavy atom. The third-order valence-electron chi connectivity index (χ3n) is 3.13. The lowest BCUT2D eigenvalue weighted by Crippen LogP contribution is -2.07. The van der Waals surface area contributed by atoms with E-state index in [9.17, 15) is 8.42 Å². The van der Waals surface area contributed by atoms with Gasteiger partial charge in [-0.25, -0.2) is 8.42 Å². The monoisotopic (exact) mass is 363 g/mol. The van der Waals surface area contributed by atoms with Crippen molar-refractivity contribution >= 4 is 50.1 Å². The summed E-state index contributed by atoms with van der Waals surface area (Å²) in [4.78, 5) is 0.333. The van der Waals surface area contributed by atoms with Crippen LogP contribution in [0.15, 0.2) is 35.2 Å². The lowest BCUT2D eigenvalue weighted by Gasteiger charge is -2.15. The highest BCUT2D eigenvalue weighted by molar-refractivity contribution is 7.91. The Kier molecular flexibility index (Phi) is 5.20. The molecule has 0 amide bonds. The molecule has 1 unspecified atom stereocenters. The van der Waals surface area contributed by atoms with Gasteiger partial charge < -0.3 is 5.32 Å². The first-order valence-electron chi connectivity index (χ1n) is 6.37. The van der Waals surface area contributed by atoms with Gasteiger partial charge in [-0.1, -0.05) is 30.1 Å². The zero-order chi connectivity index (χ0) is 15.6. The molecule has 1 N–H and O–H groups in total. The lowest BCUT2D eigenvalue weighted by molar-refractivity contribution is 0.597. The highest BCUT2D eigenvalue weighted by Gasteiger charge is 2.14. The van der Waals surface area contributed by atoms with Crippen molar-refractivity contribution in [3.8, 4) is 0 Å². The quantitative estimate of drug-likeness (QED) is 0.810. The number of nitrogens with one attached hydrogen (secondary N) is 1. The number of benzene rings is 1. The second-order valence-corrected chi connectivity index (χ2v) is 9.14. The molecule has 0 spiro atoms. The van der Waals surface area contributed by atoms with E-state index in [-0.39, 0.29) is 11.8 Å². The molecule has 21 heavy (non-hydrogen) atoms. The fourth-order valence-corrected chi connectivity index (χ4v) is 4.43. The Morgan fingerprint density at radius 1 is 1.24 bits per heavy atom. The number of rotatable bonds is 5. The standard InChI is InChI=1S/C14H15Cl2NO2S2/c1-3-21(18,19)11-6-4-10(5-7-11)17-9(2)12-8-13(15)20-14(12)16/h4-9,17H,3H2,1-2H3. The first-order valence-corrected chi connectivity index (χ1v) is 9.60. The van der Waals surface area contributed by atoms with Gasteiger partial charge in [0.15, 0.2) is 9.84 Å². The van der Waals surface area contributed by atoms with Crippen molar-refractivity contribution in [1.29, 1.82) is 0 Å². The van der Waals surface area contributed by atoms with Gasteiger partial charge in [-0.3, -0.25) is 0 Å². The van der Waals surface area contributed by atoms with Gasteiger partial charge in [-0.15, -0.1) is 11.3 Å². The second-order valence-electron chi connectivity index (χ2n) is 4.57. The van der Waals surface area contributed by atoms with Gasteiger partial charge in [0, 0.05) is 11.3 Å². The van der Waals surface area contributed by atoms with E-state index in [4.69, 9.17) is 23.2 Å². The molecule has 0 aliphatic rings. The summed E-state index contributed by atoms with van der Waals surface area (Å²) < 4.78 is 24.8. The first kappa shape index (κ1) is 16.6. The number of halogens is 2. The molecule has 7 heteroatoms. The van der Waals surface area contributed by atoms with Crippen molar-refractivity contribution in [1.82, 2.24) is 0 Å². The van der Waals surface area contributed by atoms with Crippen molar-refractivity contribution < 1.29 is 8.42 Å². The van der Waals surface area contributed by atoms with Crippen LogP contribution in [0.4, 0.5) is 5.69 Å². The smallest absolute Gasteiger partial charge is 0.178 e. The zero-order valence-corrected chi connectivity index (χ0v) is 14.7. The Labute approximate surface area is 138 Å². The Morgan fingerprint density at radius 3 is 2.33 bits per heavy atom. The average molecular weight is 364 g/mol. The van der Waals surface area contributed by atoms with E-state index in [1.54, 1.807) is 31.2 Å². The van der Waals surface area contributed by atoms with Crippen LogP contribution in [0.2, 0.25) is 8.67 Å². The van der Waals surface area contributed by atoms with Gasteiger partial charge in [0.1, 0.15) is 0 Å². The van der Waals surface area contributed by atoms with Gasteiger partial charge in [-0.2, -0.15) is 0 Å². The minimum Gasteiger partial charge on any atom is -0.378 e. The summed E-state index contributed by atoms with van der Waals surface area (Å²) in [6, 6.07) is 8.53. The lowest BCUT2D eigenvalue weighted by atomic mass is 10.1. The molecule has 1 heterocycles. The number of hydrogen-bond donors (Lipinski definition) is 1. The second kappa shape index (κ2) is 6.57. The minimum atomic E-state index is -3.16. The van der Waals surface area contributed by atoms with E-state index in [0.717, 1.165) is 11.3 Å². The molecule has 1 atom stereocenters. The molecular weight excluding hydrogens is 349 g/mol. The van der Waals surface area contributed by atoms with Gasteiger partial charge in [-0.05, 0) is 37.3 Å². The molecular formula is C14H15Cl2NO2S2. The Balaban J connectivity index is 2.15. The van der Waals surface area contributed by atoms with Crippen LogP contribution in [0.5, 0.6) is 0 Å². The van der Waals surface area contributed by atoms with Crippen molar-refractivity contribution in [3.63, 3.8) is 0 Å². The van der Waals surface area contributed by atoms with E-state index in [2.05, 4.69) is 5.32 Å². The molecule has 0 fully saturated rings. The van der Waals surface area contributed by atoms with Gasteiger partial charge in [0.25, 0.3) is 0 Å². The van der Waals surface area contributed by atoms with Crippen molar-refractivity contribution in [2.75, 3.05) is 11.1 Å². The number of hydrogen-bond acceptors (Lipinski definition) is 4. The summed E-state index contributed by atoms with van der Waals surface area (Å²) in [5.74, 6) is 0.0964. The predicted molar refractivity (Wildman–Crippen MR) is 90.5 cm³/mol.